The van der Waals surface area contributed by atoms with E-state index in [0.717, 1.165) is 4.90 Å². The van der Waals surface area contributed by atoms with Crippen LogP contribution in [-0.4, -0.2) is 65.6 Å². The fourth-order valence-corrected chi connectivity index (χ4v) is 4.03. The third-order valence-electron chi connectivity index (χ3n) is 3.85. The standard InChI is InChI=1S/C18H25Cl2N3O2S/c1-18(2,3)21-16(24)11-22-6-8-23(9-7-22)17(25)12-26-15-10-13(19)4-5-14(15)20/h4-5,10H,6-9,11-12H2,1-3H3,(H,21,24). The number of halogens is 2. The molecule has 0 radical (unpaired) electrons. The molecule has 0 aliphatic carbocycles. The van der Waals surface area contributed by atoms with Gasteiger partial charge in [0.2, 0.25) is 11.8 Å². The Morgan fingerprint density at radius 1 is 1.15 bits per heavy atom. The third kappa shape index (κ3) is 6.99. The molecule has 0 saturated carbocycles. The zero-order chi connectivity index (χ0) is 19.3. The number of hydrogen-bond donors (Lipinski definition) is 1. The van der Waals surface area contributed by atoms with Crippen LogP contribution >= 0.6 is 35.0 Å². The van der Waals surface area contributed by atoms with Gasteiger partial charge in [-0.1, -0.05) is 23.2 Å². The molecule has 2 amide bonds. The SMILES string of the molecule is CC(C)(C)NC(=O)CN1CCN(C(=O)CSc2cc(Cl)ccc2Cl)CC1. The summed E-state index contributed by atoms with van der Waals surface area (Å²) in [5.41, 5.74) is -0.228. The summed E-state index contributed by atoms with van der Waals surface area (Å²) in [5, 5.41) is 4.16. The summed E-state index contributed by atoms with van der Waals surface area (Å²) in [6.45, 7) is 8.92. The summed E-state index contributed by atoms with van der Waals surface area (Å²) in [4.78, 5) is 29.1. The highest BCUT2D eigenvalue weighted by Crippen LogP contribution is 2.30. The van der Waals surface area contributed by atoms with Crippen LogP contribution in [-0.2, 0) is 9.59 Å². The van der Waals surface area contributed by atoms with Crippen LogP contribution in [0.25, 0.3) is 0 Å². The molecule has 2 rings (SSSR count). The zero-order valence-electron chi connectivity index (χ0n) is 15.3. The average Bonchev–Trinajstić information content (AvgIpc) is 2.54. The molecule has 8 heteroatoms. The molecule has 0 atom stereocenters. The smallest absolute Gasteiger partial charge is 0.234 e. The quantitative estimate of drug-likeness (QED) is 0.747. The van der Waals surface area contributed by atoms with Gasteiger partial charge in [0.15, 0.2) is 0 Å². The molecule has 1 aromatic rings. The molecule has 1 fully saturated rings. The van der Waals surface area contributed by atoms with Crippen LogP contribution < -0.4 is 5.32 Å². The maximum Gasteiger partial charge on any atom is 0.234 e. The van der Waals surface area contributed by atoms with Crippen molar-refractivity contribution in [3.63, 3.8) is 0 Å². The van der Waals surface area contributed by atoms with E-state index in [0.29, 0.717) is 48.5 Å². The van der Waals surface area contributed by atoms with Crippen molar-refractivity contribution < 1.29 is 9.59 Å². The largest absolute Gasteiger partial charge is 0.350 e. The molecule has 0 bridgehead atoms. The van der Waals surface area contributed by atoms with Crippen molar-refractivity contribution in [1.29, 1.82) is 0 Å². The van der Waals surface area contributed by atoms with E-state index in [4.69, 9.17) is 23.2 Å². The highest BCUT2D eigenvalue weighted by Gasteiger charge is 2.23. The minimum atomic E-state index is -0.228. The number of piperazine rings is 1. The van der Waals surface area contributed by atoms with Crippen LogP contribution in [0.5, 0.6) is 0 Å². The van der Waals surface area contributed by atoms with E-state index in [1.54, 1.807) is 18.2 Å². The van der Waals surface area contributed by atoms with Crippen LogP contribution in [0.1, 0.15) is 20.8 Å². The predicted molar refractivity (Wildman–Crippen MR) is 108 cm³/mol. The first-order valence-electron chi connectivity index (χ1n) is 8.53. The molecule has 1 heterocycles. The van der Waals surface area contributed by atoms with Crippen molar-refractivity contribution in [3.8, 4) is 0 Å². The molecule has 1 saturated heterocycles. The van der Waals surface area contributed by atoms with Crippen LogP contribution in [0, 0.1) is 0 Å². The first-order valence-corrected chi connectivity index (χ1v) is 10.3. The Morgan fingerprint density at radius 2 is 1.81 bits per heavy atom. The molecule has 144 valence electrons. The van der Waals surface area contributed by atoms with Gasteiger partial charge in [-0.15, -0.1) is 11.8 Å². The summed E-state index contributed by atoms with van der Waals surface area (Å²) >= 11 is 13.5. The molecule has 1 aromatic carbocycles. The molecule has 0 spiro atoms. The summed E-state index contributed by atoms with van der Waals surface area (Å²) in [7, 11) is 0. The lowest BCUT2D eigenvalue weighted by atomic mass is 10.1. The Bertz CT molecular complexity index is 656. The summed E-state index contributed by atoms with van der Waals surface area (Å²) in [6, 6.07) is 5.23. The van der Waals surface area contributed by atoms with Gasteiger partial charge in [0, 0.05) is 41.6 Å². The highest BCUT2D eigenvalue weighted by molar-refractivity contribution is 8.00. The van der Waals surface area contributed by atoms with Gasteiger partial charge in [0.1, 0.15) is 0 Å². The second kappa shape index (κ2) is 9.31. The Kier molecular flexibility index (Phi) is 7.64. The summed E-state index contributed by atoms with van der Waals surface area (Å²) in [6.07, 6.45) is 0. The number of amides is 2. The lowest BCUT2D eigenvalue weighted by Crippen LogP contribution is -2.53. The lowest BCUT2D eigenvalue weighted by molar-refractivity contribution is -0.130. The number of thioether (sulfide) groups is 1. The Morgan fingerprint density at radius 3 is 2.42 bits per heavy atom. The van der Waals surface area contributed by atoms with Crippen LogP contribution in [0.15, 0.2) is 23.1 Å². The van der Waals surface area contributed by atoms with Crippen molar-refractivity contribution in [2.24, 2.45) is 0 Å². The van der Waals surface area contributed by atoms with Crippen molar-refractivity contribution >= 4 is 46.8 Å². The molecule has 26 heavy (non-hydrogen) atoms. The first kappa shape index (κ1) is 21.4. The number of carbonyl (C=O) groups excluding carboxylic acids is 2. The van der Waals surface area contributed by atoms with Gasteiger partial charge in [0.25, 0.3) is 0 Å². The van der Waals surface area contributed by atoms with Crippen molar-refractivity contribution in [1.82, 2.24) is 15.1 Å². The second-order valence-corrected chi connectivity index (χ2v) is 9.18. The Labute approximate surface area is 169 Å². The van der Waals surface area contributed by atoms with Crippen LogP contribution in [0.3, 0.4) is 0 Å². The van der Waals surface area contributed by atoms with Gasteiger partial charge in [-0.3, -0.25) is 14.5 Å². The lowest BCUT2D eigenvalue weighted by Gasteiger charge is -2.35. The van der Waals surface area contributed by atoms with Crippen LogP contribution in [0.2, 0.25) is 10.0 Å². The predicted octanol–water partition coefficient (Wildman–Crippen LogP) is 3.14. The number of carbonyl (C=O) groups is 2. The van der Waals surface area contributed by atoms with E-state index in [-0.39, 0.29) is 17.4 Å². The van der Waals surface area contributed by atoms with E-state index in [9.17, 15) is 9.59 Å². The van der Waals surface area contributed by atoms with Gasteiger partial charge in [-0.05, 0) is 39.0 Å². The molecule has 0 unspecified atom stereocenters. The zero-order valence-corrected chi connectivity index (χ0v) is 17.7. The molecular formula is C18H25Cl2N3O2S. The molecular weight excluding hydrogens is 393 g/mol. The Balaban J connectivity index is 1.76. The van der Waals surface area contributed by atoms with Gasteiger partial charge in [-0.2, -0.15) is 0 Å². The fourth-order valence-electron chi connectivity index (χ4n) is 2.63. The molecule has 1 aliphatic heterocycles. The van der Waals surface area contributed by atoms with Crippen molar-refractivity contribution in [2.45, 2.75) is 31.2 Å². The maximum atomic E-state index is 12.4. The molecule has 1 N–H and O–H groups in total. The van der Waals surface area contributed by atoms with E-state index in [1.165, 1.54) is 11.8 Å². The molecule has 1 aliphatic rings. The van der Waals surface area contributed by atoms with Crippen molar-refractivity contribution in [3.05, 3.63) is 28.2 Å². The van der Waals surface area contributed by atoms with Crippen molar-refractivity contribution in [2.75, 3.05) is 38.5 Å². The number of benzene rings is 1. The van der Waals surface area contributed by atoms with Gasteiger partial charge >= 0.3 is 0 Å². The van der Waals surface area contributed by atoms with E-state index in [1.807, 2.05) is 25.7 Å². The average molecular weight is 418 g/mol. The second-order valence-electron chi connectivity index (χ2n) is 7.32. The number of rotatable bonds is 5. The summed E-state index contributed by atoms with van der Waals surface area (Å²) in [5.74, 6) is 0.415. The topological polar surface area (TPSA) is 52.7 Å². The van der Waals surface area contributed by atoms with Crippen LogP contribution in [0.4, 0.5) is 0 Å². The minimum Gasteiger partial charge on any atom is -0.350 e. The van der Waals surface area contributed by atoms with Gasteiger partial charge in [0.05, 0.1) is 17.3 Å². The van der Waals surface area contributed by atoms with Gasteiger partial charge in [-0.25, -0.2) is 0 Å². The number of nitrogens with zero attached hydrogens (tertiary/aromatic N) is 2. The monoisotopic (exact) mass is 417 g/mol. The third-order valence-corrected chi connectivity index (χ3v) is 5.57. The van der Waals surface area contributed by atoms with E-state index < -0.39 is 0 Å². The Hall–Kier alpha value is -0.950. The normalized spacial score (nSPS) is 15.8. The maximum absolute atomic E-state index is 12.4. The molecule has 0 aromatic heterocycles. The summed E-state index contributed by atoms with van der Waals surface area (Å²) < 4.78 is 0. The van der Waals surface area contributed by atoms with Gasteiger partial charge < -0.3 is 10.2 Å². The number of nitrogens with one attached hydrogen (secondary N) is 1. The highest BCUT2D eigenvalue weighted by atomic mass is 35.5. The first-order chi connectivity index (χ1) is 12.1. The van der Waals surface area contributed by atoms with E-state index in [2.05, 4.69) is 10.2 Å². The molecule has 5 nitrogen and oxygen atoms in total. The van der Waals surface area contributed by atoms with E-state index >= 15 is 0 Å². The number of hydrogen-bond acceptors (Lipinski definition) is 4. The fraction of sp³-hybridized carbons (Fsp3) is 0.556. The minimum absolute atomic E-state index is 0.0171.